The predicted octanol–water partition coefficient (Wildman–Crippen LogP) is 0.969. The van der Waals surface area contributed by atoms with Crippen molar-refractivity contribution in [3.8, 4) is 11.5 Å². The molecule has 142 valence electrons. The van der Waals surface area contributed by atoms with Gasteiger partial charge in [0.2, 0.25) is 11.8 Å². The topological polar surface area (TPSA) is 97.0 Å². The number of amides is 3. The van der Waals surface area contributed by atoms with Gasteiger partial charge >= 0.3 is 0 Å². The lowest BCUT2D eigenvalue weighted by Gasteiger charge is -2.18. The maximum Gasteiger partial charge on any atom is 0.269 e. The Balaban J connectivity index is 1.93. The zero-order valence-electron chi connectivity index (χ0n) is 15.5. The lowest BCUT2D eigenvalue weighted by Crippen LogP contribution is -2.45. The second-order valence-electron chi connectivity index (χ2n) is 6.64. The Labute approximate surface area is 152 Å². The Morgan fingerprint density at radius 3 is 2.31 bits per heavy atom. The van der Waals surface area contributed by atoms with Gasteiger partial charge in [0.05, 0.1) is 20.1 Å². The molecule has 1 unspecified atom stereocenters. The molecule has 1 fully saturated rings. The Hall–Kier alpha value is -2.77. The van der Waals surface area contributed by atoms with Gasteiger partial charge in [-0.1, -0.05) is 13.8 Å². The predicted molar refractivity (Wildman–Crippen MR) is 94.7 cm³/mol. The molecule has 0 saturated carbocycles. The van der Waals surface area contributed by atoms with E-state index in [9.17, 15) is 14.4 Å². The Morgan fingerprint density at radius 1 is 1.15 bits per heavy atom. The molecule has 26 heavy (non-hydrogen) atoms. The van der Waals surface area contributed by atoms with Gasteiger partial charge in [-0.25, -0.2) is 0 Å². The number of nitrogens with one attached hydrogen (secondary N) is 2. The summed E-state index contributed by atoms with van der Waals surface area (Å²) in [7, 11) is 2.97. The average molecular weight is 363 g/mol. The number of hydrogen-bond acceptors (Lipinski definition) is 5. The van der Waals surface area contributed by atoms with Gasteiger partial charge in [-0.05, 0) is 18.1 Å². The van der Waals surface area contributed by atoms with Crippen molar-refractivity contribution in [2.24, 2.45) is 11.8 Å². The summed E-state index contributed by atoms with van der Waals surface area (Å²) in [6.07, 6.45) is 0.154. The molecule has 1 saturated heterocycles. The van der Waals surface area contributed by atoms with Crippen molar-refractivity contribution in [1.82, 2.24) is 15.8 Å². The minimum Gasteiger partial charge on any atom is -0.497 e. The number of ether oxygens (including phenoxy) is 2. The maximum atomic E-state index is 12.3. The van der Waals surface area contributed by atoms with Gasteiger partial charge in [-0.2, -0.15) is 0 Å². The Bertz CT molecular complexity index is 667. The number of methoxy groups -OCH3 is 2. The maximum absolute atomic E-state index is 12.3. The molecule has 0 bridgehead atoms. The van der Waals surface area contributed by atoms with E-state index in [1.54, 1.807) is 11.0 Å². The third-order valence-corrected chi connectivity index (χ3v) is 4.08. The van der Waals surface area contributed by atoms with Crippen LogP contribution in [-0.4, -0.2) is 49.9 Å². The van der Waals surface area contributed by atoms with Crippen molar-refractivity contribution in [2.45, 2.75) is 20.3 Å². The van der Waals surface area contributed by atoms with Gasteiger partial charge in [0.25, 0.3) is 5.91 Å². The fourth-order valence-corrected chi connectivity index (χ4v) is 2.80. The van der Waals surface area contributed by atoms with Crippen LogP contribution in [0.25, 0.3) is 0 Å². The van der Waals surface area contributed by atoms with Crippen molar-refractivity contribution >= 4 is 17.7 Å². The number of hydrazine groups is 1. The lowest BCUT2D eigenvalue weighted by atomic mass is 10.1. The average Bonchev–Trinajstić information content (AvgIpc) is 2.98. The summed E-state index contributed by atoms with van der Waals surface area (Å²) >= 11 is 0. The molecular formula is C18H25N3O5. The number of carbonyl (C=O) groups excluding carboxylic acids is 3. The quantitative estimate of drug-likeness (QED) is 0.734. The molecule has 1 aromatic carbocycles. The number of benzene rings is 1. The molecule has 8 heteroatoms. The highest BCUT2D eigenvalue weighted by Crippen LogP contribution is 2.22. The Morgan fingerprint density at radius 2 is 1.77 bits per heavy atom. The summed E-state index contributed by atoms with van der Waals surface area (Å²) < 4.78 is 10.2. The number of likely N-dealkylation sites (tertiary alicyclic amines) is 1. The molecule has 1 atom stereocenters. The van der Waals surface area contributed by atoms with Crippen LogP contribution in [0.1, 0.15) is 30.6 Å². The summed E-state index contributed by atoms with van der Waals surface area (Å²) in [5, 5.41) is 0. The van der Waals surface area contributed by atoms with Gasteiger partial charge in [0.1, 0.15) is 11.5 Å². The zero-order valence-corrected chi connectivity index (χ0v) is 15.5. The van der Waals surface area contributed by atoms with Gasteiger partial charge in [0.15, 0.2) is 0 Å². The second kappa shape index (κ2) is 8.55. The molecule has 0 radical (unpaired) electrons. The van der Waals surface area contributed by atoms with Crippen molar-refractivity contribution in [1.29, 1.82) is 0 Å². The van der Waals surface area contributed by atoms with E-state index in [-0.39, 0.29) is 23.8 Å². The first-order chi connectivity index (χ1) is 12.3. The molecule has 1 aliphatic heterocycles. The van der Waals surface area contributed by atoms with Crippen LogP contribution in [-0.2, 0) is 9.59 Å². The van der Waals surface area contributed by atoms with E-state index in [1.807, 2.05) is 13.8 Å². The molecule has 2 rings (SSSR count). The number of nitrogens with zero attached hydrogens (tertiary/aromatic N) is 1. The summed E-state index contributed by atoms with van der Waals surface area (Å²) in [4.78, 5) is 38.2. The standard InChI is InChI=1S/C18H25N3O5/c1-11(2)9-21-10-13(7-16(21)22)18(24)20-19-17(23)12-5-14(25-3)8-15(6-12)26-4/h5-6,8,11,13H,7,9-10H2,1-4H3,(H,19,23)(H,20,24). The van der Waals surface area contributed by atoms with Crippen LogP contribution in [0.5, 0.6) is 11.5 Å². The summed E-state index contributed by atoms with van der Waals surface area (Å²) in [5.41, 5.74) is 5.05. The van der Waals surface area contributed by atoms with Gasteiger partial charge in [-0.15, -0.1) is 0 Å². The molecule has 0 spiro atoms. The van der Waals surface area contributed by atoms with Crippen LogP contribution < -0.4 is 20.3 Å². The SMILES string of the molecule is COc1cc(OC)cc(C(=O)NNC(=O)C2CC(=O)N(CC(C)C)C2)c1. The Kier molecular flexibility index (Phi) is 6.43. The highest BCUT2D eigenvalue weighted by molar-refractivity contribution is 5.97. The summed E-state index contributed by atoms with van der Waals surface area (Å²) in [6.45, 7) is 5.02. The van der Waals surface area contributed by atoms with E-state index < -0.39 is 11.8 Å². The van der Waals surface area contributed by atoms with E-state index in [0.717, 1.165) is 0 Å². The summed E-state index contributed by atoms with van der Waals surface area (Å²) in [5.74, 6) is -0.127. The van der Waals surface area contributed by atoms with Crippen molar-refractivity contribution < 1.29 is 23.9 Å². The molecule has 1 heterocycles. The molecule has 2 N–H and O–H groups in total. The van der Waals surface area contributed by atoms with Gasteiger partial charge in [-0.3, -0.25) is 25.2 Å². The third-order valence-electron chi connectivity index (χ3n) is 4.08. The molecule has 3 amide bonds. The zero-order chi connectivity index (χ0) is 19.3. The normalized spacial score (nSPS) is 16.6. The first-order valence-electron chi connectivity index (χ1n) is 8.45. The largest absolute Gasteiger partial charge is 0.497 e. The van der Waals surface area contributed by atoms with E-state index >= 15 is 0 Å². The van der Waals surface area contributed by atoms with Crippen LogP contribution in [0.3, 0.4) is 0 Å². The molecule has 1 aromatic rings. The molecule has 8 nitrogen and oxygen atoms in total. The number of hydrogen-bond donors (Lipinski definition) is 2. The molecule has 0 aliphatic carbocycles. The van der Waals surface area contributed by atoms with Crippen LogP contribution in [0.15, 0.2) is 18.2 Å². The second-order valence-corrected chi connectivity index (χ2v) is 6.64. The van der Waals surface area contributed by atoms with Crippen LogP contribution in [0, 0.1) is 11.8 Å². The first-order valence-corrected chi connectivity index (χ1v) is 8.45. The van der Waals surface area contributed by atoms with Gasteiger partial charge in [0, 0.05) is 31.1 Å². The number of rotatable bonds is 6. The smallest absolute Gasteiger partial charge is 0.269 e. The molecular weight excluding hydrogens is 338 g/mol. The highest BCUT2D eigenvalue weighted by Gasteiger charge is 2.34. The lowest BCUT2D eigenvalue weighted by molar-refractivity contribution is -0.129. The minimum absolute atomic E-state index is 0.0392. The van der Waals surface area contributed by atoms with Crippen molar-refractivity contribution in [2.75, 3.05) is 27.3 Å². The summed E-state index contributed by atoms with van der Waals surface area (Å²) in [6, 6.07) is 4.71. The fourth-order valence-electron chi connectivity index (χ4n) is 2.80. The molecule has 0 aromatic heterocycles. The number of carbonyl (C=O) groups is 3. The van der Waals surface area contributed by atoms with Crippen molar-refractivity contribution in [3.63, 3.8) is 0 Å². The molecule has 1 aliphatic rings. The van der Waals surface area contributed by atoms with E-state index in [0.29, 0.717) is 30.5 Å². The van der Waals surface area contributed by atoms with Crippen LogP contribution in [0.4, 0.5) is 0 Å². The van der Waals surface area contributed by atoms with Crippen molar-refractivity contribution in [3.05, 3.63) is 23.8 Å². The first kappa shape index (κ1) is 19.6. The monoisotopic (exact) mass is 363 g/mol. The van der Waals surface area contributed by atoms with E-state index in [4.69, 9.17) is 9.47 Å². The van der Waals surface area contributed by atoms with Gasteiger partial charge < -0.3 is 14.4 Å². The van der Waals surface area contributed by atoms with E-state index in [1.165, 1.54) is 26.4 Å². The minimum atomic E-state index is -0.501. The third kappa shape index (κ3) is 4.87. The highest BCUT2D eigenvalue weighted by atomic mass is 16.5. The van der Waals surface area contributed by atoms with Crippen LogP contribution in [0.2, 0.25) is 0 Å². The van der Waals surface area contributed by atoms with Crippen LogP contribution >= 0.6 is 0 Å². The van der Waals surface area contributed by atoms with E-state index in [2.05, 4.69) is 10.9 Å². The fraction of sp³-hybridized carbons (Fsp3) is 0.500.